The highest BCUT2D eigenvalue weighted by atomic mass is 16.7. The molecule has 2 heterocycles. The van der Waals surface area contributed by atoms with Crippen molar-refractivity contribution in [1.29, 1.82) is 0 Å². The van der Waals surface area contributed by atoms with Gasteiger partial charge in [-0.05, 0) is 52.7 Å². The fourth-order valence-corrected chi connectivity index (χ4v) is 3.57. The van der Waals surface area contributed by atoms with Gasteiger partial charge in [-0.2, -0.15) is 0 Å². The second-order valence-electron chi connectivity index (χ2n) is 7.97. The van der Waals surface area contributed by atoms with Crippen LogP contribution in [0, 0.1) is 0 Å². The van der Waals surface area contributed by atoms with E-state index >= 15 is 0 Å². The first-order chi connectivity index (χ1) is 10.9. The van der Waals surface area contributed by atoms with E-state index in [9.17, 15) is 0 Å². The molecule has 1 saturated heterocycles. The van der Waals surface area contributed by atoms with Crippen LogP contribution in [0.3, 0.4) is 0 Å². The number of imidazole rings is 1. The Balaban J connectivity index is 1.64. The summed E-state index contributed by atoms with van der Waals surface area (Å²) in [5, 5.41) is 0. The van der Waals surface area contributed by atoms with E-state index in [0.717, 1.165) is 22.4 Å². The second-order valence-corrected chi connectivity index (χ2v) is 7.97. The predicted octanol–water partition coefficient (Wildman–Crippen LogP) is 4.82. The van der Waals surface area contributed by atoms with Crippen molar-refractivity contribution in [2.45, 2.75) is 76.8 Å². The number of benzene rings is 1. The van der Waals surface area contributed by atoms with Crippen LogP contribution in [0.1, 0.15) is 77.0 Å². The first-order valence-corrected chi connectivity index (χ1v) is 8.71. The lowest BCUT2D eigenvalue weighted by Crippen LogP contribution is -2.41. The van der Waals surface area contributed by atoms with Gasteiger partial charge in [-0.25, -0.2) is 4.98 Å². The number of hydrogen-bond acceptors (Lipinski definition) is 3. The van der Waals surface area contributed by atoms with Crippen molar-refractivity contribution in [1.82, 2.24) is 9.97 Å². The third-order valence-electron chi connectivity index (χ3n) is 5.79. The lowest BCUT2D eigenvalue weighted by atomic mass is 9.90. The largest absolute Gasteiger partial charge is 0.342 e. The average Bonchev–Trinajstić information content (AvgIpc) is 3.17. The number of hydrogen-bond donors (Lipinski definition) is 1. The Bertz CT molecular complexity index is 710. The van der Waals surface area contributed by atoms with Crippen LogP contribution in [-0.2, 0) is 9.47 Å². The van der Waals surface area contributed by atoms with E-state index in [0.29, 0.717) is 5.92 Å². The highest BCUT2D eigenvalue weighted by molar-refractivity contribution is 5.76. The van der Waals surface area contributed by atoms with Gasteiger partial charge in [-0.1, -0.05) is 18.9 Å². The number of fused-ring (bicyclic) bond motifs is 1. The van der Waals surface area contributed by atoms with Gasteiger partial charge in [0.25, 0.3) is 0 Å². The van der Waals surface area contributed by atoms with Gasteiger partial charge in [0.2, 0.25) is 0 Å². The number of ether oxygens (including phenoxy) is 2. The van der Waals surface area contributed by atoms with Crippen LogP contribution in [-0.4, -0.2) is 21.2 Å². The summed E-state index contributed by atoms with van der Waals surface area (Å²) in [4.78, 5) is 8.30. The van der Waals surface area contributed by atoms with Crippen LogP contribution in [0.4, 0.5) is 0 Å². The molecule has 0 unspecified atom stereocenters. The first kappa shape index (κ1) is 15.2. The molecule has 2 aliphatic rings. The van der Waals surface area contributed by atoms with E-state index in [1.165, 1.54) is 25.7 Å². The first-order valence-electron chi connectivity index (χ1n) is 8.71. The quantitative estimate of drug-likeness (QED) is 0.864. The standard InChI is InChI=1S/C19H26N2O2/c1-18(2)19(3,4)23-17(22-18)13-9-10-14-15(11-13)21-16(20-14)12-7-5-6-8-12/h9-12,17H,5-8H2,1-4H3,(H,20,21). The van der Waals surface area contributed by atoms with Gasteiger partial charge < -0.3 is 14.5 Å². The molecular weight excluding hydrogens is 288 g/mol. The van der Waals surface area contributed by atoms with Crippen LogP contribution in [0.15, 0.2) is 18.2 Å². The summed E-state index contributed by atoms with van der Waals surface area (Å²) >= 11 is 0. The molecule has 4 nitrogen and oxygen atoms in total. The highest BCUT2D eigenvalue weighted by Crippen LogP contribution is 2.45. The minimum atomic E-state index is -0.317. The molecule has 4 heteroatoms. The van der Waals surface area contributed by atoms with Crippen molar-refractivity contribution in [3.63, 3.8) is 0 Å². The molecular formula is C19H26N2O2. The summed E-state index contributed by atoms with van der Waals surface area (Å²) in [6.45, 7) is 8.33. The average molecular weight is 314 g/mol. The molecule has 0 amide bonds. The number of nitrogens with one attached hydrogen (secondary N) is 1. The van der Waals surface area contributed by atoms with E-state index in [1.807, 2.05) is 0 Å². The van der Waals surface area contributed by atoms with Crippen molar-refractivity contribution < 1.29 is 9.47 Å². The van der Waals surface area contributed by atoms with Gasteiger partial charge in [-0.3, -0.25) is 0 Å². The van der Waals surface area contributed by atoms with E-state index in [4.69, 9.17) is 14.5 Å². The Labute approximate surface area is 137 Å². The summed E-state index contributed by atoms with van der Waals surface area (Å²) in [6, 6.07) is 6.28. The van der Waals surface area contributed by atoms with Crippen molar-refractivity contribution in [3.05, 3.63) is 29.6 Å². The molecule has 1 aliphatic carbocycles. The Morgan fingerprint density at radius 2 is 1.70 bits per heavy atom. The summed E-state index contributed by atoms with van der Waals surface area (Å²) < 4.78 is 12.3. The maximum atomic E-state index is 6.15. The Morgan fingerprint density at radius 1 is 1.04 bits per heavy atom. The van der Waals surface area contributed by atoms with Crippen LogP contribution in [0.2, 0.25) is 0 Å². The maximum Gasteiger partial charge on any atom is 0.185 e. The maximum absolute atomic E-state index is 6.15. The van der Waals surface area contributed by atoms with Crippen LogP contribution in [0.25, 0.3) is 11.0 Å². The van der Waals surface area contributed by atoms with Crippen LogP contribution >= 0.6 is 0 Å². The zero-order chi connectivity index (χ0) is 16.2. The van der Waals surface area contributed by atoms with Gasteiger partial charge in [-0.15, -0.1) is 0 Å². The lowest BCUT2D eigenvalue weighted by molar-refractivity contribution is -0.0895. The number of H-pyrrole nitrogens is 1. The van der Waals surface area contributed by atoms with Crippen molar-refractivity contribution in [2.75, 3.05) is 0 Å². The van der Waals surface area contributed by atoms with Crippen LogP contribution < -0.4 is 0 Å². The van der Waals surface area contributed by atoms with E-state index < -0.39 is 0 Å². The molecule has 0 bridgehead atoms. The van der Waals surface area contributed by atoms with Gasteiger partial charge in [0.05, 0.1) is 22.2 Å². The fourth-order valence-electron chi connectivity index (χ4n) is 3.57. The number of nitrogens with zero attached hydrogens (tertiary/aromatic N) is 1. The third-order valence-corrected chi connectivity index (χ3v) is 5.79. The van der Waals surface area contributed by atoms with Crippen LogP contribution in [0.5, 0.6) is 0 Å². The van der Waals surface area contributed by atoms with Gasteiger partial charge in [0, 0.05) is 11.5 Å². The molecule has 23 heavy (non-hydrogen) atoms. The molecule has 0 atom stereocenters. The third kappa shape index (κ3) is 2.48. The smallest absolute Gasteiger partial charge is 0.185 e. The second kappa shape index (κ2) is 5.05. The number of rotatable bonds is 2. The number of aromatic amines is 1. The Kier molecular flexibility index (Phi) is 3.33. The fraction of sp³-hybridized carbons (Fsp3) is 0.632. The summed E-state index contributed by atoms with van der Waals surface area (Å²) in [5.41, 5.74) is 2.55. The SMILES string of the molecule is CC1(C)OC(c2ccc3nc(C4CCCC4)[nH]c3c2)OC1(C)C. The number of aromatic nitrogens is 2. The minimum Gasteiger partial charge on any atom is -0.342 e. The Morgan fingerprint density at radius 3 is 2.35 bits per heavy atom. The van der Waals surface area contributed by atoms with Gasteiger partial charge in [0.1, 0.15) is 5.82 Å². The van der Waals surface area contributed by atoms with Gasteiger partial charge in [0.15, 0.2) is 6.29 Å². The predicted molar refractivity (Wildman–Crippen MR) is 90.4 cm³/mol. The lowest BCUT2D eigenvalue weighted by Gasteiger charge is -2.30. The molecule has 2 fully saturated rings. The van der Waals surface area contributed by atoms with E-state index in [-0.39, 0.29) is 17.5 Å². The monoisotopic (exact) mass is 314 g/mol. The molecule has 1 aromatic carbocycles. The summed E-state index contributed by atoms with van der Waals surface area (Å²) in [7, 11) is 0. The molecule has 1 aliphatic heterocycles. The minimum absolute atomic E-state index is 0.310. The van der Waals surface area contributed by atoms with Crippen molar-refractivity contribution in [2.24, 2.45) is 0 Å². The summed E-state index contributed by atoms with van der Waals surface area (Å²) in [5.74, 6) is 1.74. The molecule has 2 aromatic rings. The zero-order valence-electron chi connectivity index (χ0n) is 14.5. The van der Waals surface area contributed by atoms with Crippen molar-refractivity contribution >= 4 is 11.0 Å². The molecule has 1 aromatic heterocycles. The molecule has 124 valence electrons. The molecule has 0 radical (unpaired) electrons. The van der Waals surface area contributed by atoms with E-state index in [1.54, 1.807) is 0 Å². The summed E-state index contributed by atoms with van der Waals surface area (Å²) in [6.07, 6.45) is 4.83. The Hall–Kier alpha value is -1.39. The van der Waals surface area contributed by atoms with E-state index in [2.05, 4.69) is 50.9 Å². The molecule has 1 saturated carbocycles. The van der Waals surface area contributed by atoms with Crippen molar-refractivity contribution in [3.8, 4) is 0 Å². The highest BCUT2D eigenvalue weighted by Gasteiger charge is 2.49. The topological polar surface area (TPSA) is 47.1 Å². The van der Waals surface area contributed by atoms with Gasteiger partial charge >= 0.3 is 0 Å². The molecule has 0 spiro atoms. The zero-order valence-corrected chi connectivity index (χ0v) is 14.5. The molecule has 4 rings (SSSR count). The molecule has 1 N–H and O–H groups in total. The normalized spacial score (nSPS) is 24.7.